The number of nitrogens with zero attached hydrogens (tertiary/aromatic N) is 2. The molecule has 0 aliphatic rings. The third-order valence-electron chi connectivity index (χ3n) is 3.35. The zero-order valence-corrected chi connectivity index (χ0v) is 13.5. The third kappa shape index (κ3) is 4.40. The van der Waals surface area contributed by atoms with Crippen LogP contribution in [0.4, 0.5) is 4.39 Å². The summed E-state index contributed by atoms with van der Waals surface area (Å²) in [7, 11) is 1.37. The van der Waals surface area contributed by atoms with Gasteiger partial charge in [-0.3, -0.25) is 14.4 Å². The smallest absolute Gasteiger partial charge is 0.325 e. The second-order valence-electron chi connectivity index (χ2n) is 5.19. The Labute approximate surface area is 141 Å². The molecule has 2 rings (SSSR count). The SMILES string of the molecule is COc1cc(F)ccc1-c1ccc(=O)n(CC(=O)N[C@@H](C)C(=O)O)n1. The summed E-state index contributed by atoms with van der Waals surface area (Å²) in [6, 6.07) is 5.37. The second-order valence-corrected chi connectivity index (χ2v) is 5.19. The van der Waals surface area contributed by atoms with Gasteiger partial charge in [0.15, 0.2) is 0 Å². The van der Waals surface area contributed by atoms with Crippen molar-refractivity contribution in [2.24, 2.45) is 0 Å². The first-order chi connectivity index (χ1) is 11.8. The number of carboxylic acid groups (broad SMARTS) is 1. The predicted octanol–water partition coefficient (Wildman–Crippen LogP) is 0.647. The maximum atomic E-state index is 13.3. The van der Waals surface area contributed by atoms with Gasteiger partial charge in [-0.1, -0.05) is 0 Å². The minimum Gasteiger partial charge on any atom is -0.496 e. The van der Waals surface area contributed by atoms with Crippen molar-refractivity contribution in [2.45, 2.75) is 19.5 Å². The minimum absolute atomic E-state index is 0.224. The molecule has 132 valence electrons. The van der Waals surface area contributed by atoms with Gasteiger partial charge in [-0.05, 0) is 25.1 Å². The zero-order valence-electron chi connectivity index (χ0n) is 13.5. The number of methoxy groups -OCH3 is 1. The molecule has 1 aromatic heterocycles. The normalized spacial score (nSPS) is 11.6. The molecule has 0 spiro atoms. The molecule has 0 aliphatic carbocycles. The average Bonchev–Trinajstić information content (AvgIpc) is 2.56. The van der Waals surface area contributed by atoms with Gasteiger partial charge in [0.05, 0.1) is 12.8 Å². The fourth-order valence-corrected chi connectivity index (χ4v) is 2.07. The van der Waals surface area contributed by atoms with Gasteiger partial charge in [0.2, 0.25) is 5.91 Å². The summed E-state index contributed by atoms with van der Waals surface area (Å²) >= 11 is 0. The van der Waals surface area contributed by atoms with E-state index in [-0.39, 0.29) is 5.75 Å². The van der Waals surface area contributed by atoms with Crippen molar-refractivity contribution >= 4 is 11.9 Å². The Morgan fingerprint density at radius 2 is 2.08 bits per heavy atom. The fourth-order valence-electron chi connectivity index (χ4n) is 2.07. The molecule has 1 aromatic carbocycles. The van der Waals surface area contributed by atoms with Crippen molar-refractivity contribution in [3.8, 4) is 17.0 Å². The van der Waals surface area contributed by atoms with E-state index >= 15 is 0 Å². The summed E-state index contributed by atoms with van der Waals surface area (Å²) in [6.45, 7) is 0.851. The van der Waals surface area contributed by atoms with Crippen LogP contribution in [0.3, 0.4) is 0 Å². The van der Waals surface area contributed by atoms with Crippen molar-refractivity contribution in [3.05, 3.63) is 46.5 Å². The lowest BCUT2D eigenvalue weighted by molar-refractivity contribution is -0.141. The van der Waals surface area contributed by atoms with Crippen molar-refractivity contribution < 1.29 is 23.8 Å². The summed E-state index contributed by atoms with van der Waals surface area (Å²) in [5.41, 5.74) is 0.204. The number of aromatic nitrogens is 2. The van der Waals surface area contributed by atoms with Gasteiger partial charge in [0, 0.05) is 17.7 Å². The van der Waals surface area contributed by atoms with Gasteiger partial charge >= 0.3 is 5.97 Å². The Bertz CT molecular complexity index is 865. The van der Waals surface area contributed by atoms with Crippen LogP contribution in [0.25, 0.3) is 11.3 Å². The van der Waals surface area contributed by atoms with Gasteiger partial charge in [-0.25, -0.2) is 9.07 Å². The van der Waals surface area contributed by atoms with Crippen molar-refractivity contribution in [2.75, 3.05) is 7.11 Å². The molecule has 2 aromatic rings. The highest BCUT2D eigenvalue weighted by molar-refractivity contribution is 5.83. The standard InChI is InChI=1S/C16H16FN3O5/c1-9(16(23)24)18-14(21)8-20-15(22)6-5-12(19-20)11-4-3-10(17)7-13(11)25-2/h3-7,9H,8H2,1-2H3,(H,18,21)(H,23,24)/t9-/m0/s1. The largest absolute Gasteiger partial charge is 0.496 e. The highest BCUT2D eigenvalue weighted by Gasteiger charge is 2.16. The Balaban J connectivity index is 2.31. The minimum atomic E-state index is -1.20. The van der Waals surface area contributed by atoms with Crippen LogP contribution in [0.2, 0.25) is 0 Å². The van der Waals surface area contributed by atoms with Crippen molar-refractivity contribution in [1.82, 2.24) is 15.1 Å². The Morgan fingerprint density at radius 3 is 2.72 bits per heavy atom. The molecule has 9 heteroatoms. The molecule has 2 N–H and O–H groups in total. The topological polar surface area (TPSA) is 111 Å². The first kappa shape index (κ1) is 18.1. The number of ether oxygens (including phenoxy) is 1. The molecule has 1 heterocycles. The number of amides is 1. The van der Waals surface area contributed by atoms with E-state index in [0.717, 1.165) is 4.68 Å². The lowest BCUT2D eigenvalue weighted by atomic mass is 10.1. The third-order valence-corrected chi connectivity index (χ3v) is 3.35. The molecule has 0 fully saturated rings. The molecular weight excluding hydrogens is 333 g/mol. The number of carboxylic acids is 1. The van der Waals surface area contributed by atoms with E-state index in [1.165, 1.54) is 44.4 Å². The van der Waals surface area contributed by atoms with E-state index < -0.39 is 35.8 Å². The molecule has 1 amide bonds. The van der Waals surface area contributed by atoms with E-state index in [4.69, 9.17) is 9.84 Å². The van der Waals surface area contributed by atoms with Crippen LogP contribution in [0.1, 0.15) is 6.92 Å². The first-order valence-electron chi connectivity index (χ1n) is 7.26. The van der Waals surface area contributed by atoms with Crippen molar-refractivity contribution in [1.29, 1.82) is 0 Å². The van der Waals surface area contributed by atoms with Gasteiger partial charge in [-0.2, -0.15) is 5.10 Å². The zero-order chi connectivity index (χ0) is 18.6. The van der Waals surface area contributed by atoms with Crippen LogP contribution in [-0.2, 0) is 16.1 Å². The highest BCUT2D eigenvalue weighted by atomic mass is 19.1. The summed E-state index contributed by atoms with van der Waals surface area (Å²) in [6.07, 6.45) is 0. The Kier molecular flexibility index (Phi) is 5.48. The quantitative estimate of drug-likeness (QED) is 0.792. The van der Waals surface area contributed by atoms with E-state index in [2.05, 4.69) is 10.4 Å². The fraction of sp³-hybridized carbons (Fsp3) is 0.250. The number of nitrogens with one attached hydrogen (secondary N) is 1. The Hall–Kier alpha value is -3.23. The number of hydrogen-bond donors (Lipinski definition) is 2. The molecule has 0 radical (unpaired) electrons. The molecule has 0 unspecified atom stereocenters. The lowest BCUT2D eigenvalue weighted by Crippen LogP contribution is -2.41. The number of carbonyl (C=O) groups excluding carboxylic acids is 1. The molecule has 1 atom stereocenters. The molecule has 0 aliphatic heterocycles. The van der Waals surface area contributed by atoms with E-state index in [1.54, 1.807) is 0 Å². The number of hydrogen-bond acceptors (Lipinski definition) is 5. The number of halogens is 1. The van der Waals surface area contributed by atoms with Crippen LogP contribution in [-0.4, -0.2) is 39.9 Å². The Morgan fingerprint density at radius 1 is 1.36 bits per heavy atom. The second kappa shape index (κ2) is 7.56. The van der Waals surface area contributed by atoms with Gasteiger partial charge in [0.25, 0.3) is 5.56 Å². The van der Waals surface area contributed by atoms with Gasteiger partial charge in [-0.15, -0.1) is 0 Å². The molecule has 25 heavy (non-hydrogen) atoms. The lowest BCUT2D eigenvalue weighted by Gasteiger charge is -2.12. The summed E-state index contributed by atoms with van der Waals surface area (Å²) in [5.74, 6) is -2.14. The van der Waals surface area contributed by atoms with Gasteiger partial charge < -0.3 is 15.2 Å². The van der Waals surface area contributed by atoms with E-state index in [0.29, 0.717) is 11.3 Å². The highest BCUT2D eigenvalue weighted by Crippen LogP contribution is 2.28. The monoisotopic (exact) mass is 349 g/mol. The van der Waals surface area contributed by atoms with Crippen molar-refractivity contribution in [3.63, 3.8) is 0 Å². The van der Waals surface area contributed by atoms with E-state index in [9.17, 15) is 18.8 Å². The number of benzene rings is 1. The summed E-state index contributed by atoms with van der Waals surface area (Å²) < 4.78 is 19.3. The van der Waals surface area contributed by atoms with Crippen LogP contribution >= 0.6 is 0 Å². The maximum absolute atomic E-state index is 13.3. The number of carbonyl (C=O) groups is 2. The molecule has 8 nitrogen and oxygen atoms in total. The molecular formula is C16H16FN3O5. The number of aliphatic carboxylic acids is 1. The van der Waals surface area contributed by atoms with Crippen LogP contribution in [0, 0.1) is 5.82 Å². The predicted molar refractivity (Wildman–Crippen MR) is 85.7 cm³/mol. The van der Waals surface area contributed by atoms with Gasteiger partial charge in [0.1, 0.15) is 24.2 Å². The first-order valence-corrected chi connectivity index (χ1v) is 7.26. The molecule has 0 saturated heterocycles. The average molecular weight is 349 g/mol. The molecule has 0 bridgehead atoms. The molecule has 0 saturated carbocycles. The maximum Gasteiger partial charge on any atom is 0.325 e. The summed E-state index contributed by atoms with van der Waals surface area (Å²) in [5, 5.41) is 15.1. The van der Waals surface area contributed by atoms with E-state index in [1.807, 2.05) is 0 Å². The van der Waals surface area contributed by atoms with Crippen LogP contribution in [0.15, 0.2) is 35.1 Å². The number of rotatable bonds is 6. The van der Waals surface area contributed by atoms with Crippen LogP contribution < -0.4 is 15.6 Å². The summed E-state index contributed by atoms with van der Waals surface area (Å²) in [4.78, 5) is 34.5. The van der Waals surface area contributed by atoms with Crippen LogP contribution in [0.5, 0.6) is 5.75 Å².